The Kier molecular flexibility index (Phi) is 2.43. The van der Waals surface area contributed by atoms with Gasteiger partial charge in [-0.3, -0.25) is 0 Å². The van der Waals surface area contributed by atoms with Crippen LogP contribution in [0, 0.1) is 27.7 Å². The van der Waals surface area contributed by atoms with Crippen molar-refractivity contribution in [3.8, 4) is 0 Å². The maximum Gasteiger partial charge on any atom is 0.132 e. The van der Waals surface area contributed by atoms with E-state index >= 15 is 0 Å². The molecule has 0 amide bonds. The van der Waals surface area contributed by atoms with Gasteiger partial charge in [-0.25, -0.2) is 4.98 Å². The van der Waals surface area contributed by atoms with Crippen molar-refractivity contribution in [3.63, 3.8) is 0 Å². The third kappa shape index (κ3) is 1.61. The molecule has 0 fully saturated rings. The minimum atomic E-state index is 0.616. The summed E-state index contributed by atoms with van der Waals surface area (Å²) in [6.45, 7) is 8.32. The molecule has 78 valence electrons. The number of aryl methyl sites for hydroxylation is 3. The second kappa shape index (κ2) is 3.49. The summed E-state index contributed by atoms with van der Waals surface area (Å²) in [7, 11) is 0. The van der Waals surface area contributed by atoms with Gasteiger partial charge < -0.3 is 0 Å². The highest BCUT2D eigenvalue weighted by Gasteiger charge is 2.09. The standard InChI is InChI=1S/C13H14ClN/c1-7-5-8(2)12-9(3)10(4)13(14)15-11(12)6-7/h5-6H,1-4H3. The molecule has 1 aromatic carbocycles. The fourth-order valence-electron chi connectivity index (χ4n) is 2.05. The molecule has 2 heteroatoms. The number of halogens is 1. The van der Waals surface area contributed by atoms with E-state index in [-0.39, 0.29) is 0 Å². The molecule has 15 heavy (non-hydrogen) atoms. The summed E-state index contributed by atoms with van der Waals surface area (Å²) >= 11 is 6.09. The van der Waals surface area contributed by atoms with Crippen LogP contribution in [-0.2, 0) is 0 Å². The first-order valence-corrected chi connectivity index (χ1v) is 5.42. The van der Waals surface area contributed by atoms with Gasteiger partial charge in [0.2, 0.25) is 0 Å². The molecule has 2 rings (SSSR count). The normalized spacial score (nSPS) is 11.0. The zero-order valence-corrected chi connectivity index (χ0v) is 10.2. The molecule has 0 bridgehead atoms. The number of rotatable bonds is 0. The lowest BCUT2D eigenvalue weighted by molar-refractivity contribution is 1.26. The maximum absolute atomic E-state index is 6.09. The van der Waals surface area contributed by atoms with Crippen LogP contribution in [0.3, 0.4) is 0 Å². The number of fused-ring (bicyclic) bond motifs is 1. The molecule has 0 atom stereocenters. The summed E-state index contributed by atoms with van der Waals surface area (Å²) in [5.74, 6) is 0. The van der Waals surface area contributed by atoms with Gasteiger partial charge >= 0.3 is 0 Å². The number of hydrogen-bond acceptors (Lipinski definition) is 1. The molecule has 0 radical (unpaired) electrons. The Balaban J connectivity index is 2.99. The molecule has 0 spiro atoms. The van der Waals surface area contributed by atoms with Crippen molar-refractivity contribution >= 4 is 22.5 Å². The maximum atomic E-state index is 6.09. The van der Waals surface area contributed by atoms with E-state index in [0.29, 0.717) is 5.15 Å². The Morgan fingerprint density at radius 3 is 2.33 bits per heavy atom. The second-order valence-electron chi connectivity index (χ2n) is 4.13. The highest BCUT2D eigenvalue weighted by atomic mass is 35.5. The molecule has 0 saturated heterocycles. The molecule has 2 aromatic rings. The summed E-state index contributed by atoms with van der Waals surface area (Å²) in [6, 6.07) is 4.27. The van der Waals surface area contributed by atoms with Crippen molar-refractivity contribution in [1.82, 2.24) is 4.98 Å². The third-order valence-corrected chi connectivity index (χ3v) is 3.29. The minimum absolute atomic E-state index is 0.616. The molecule has 0 N–H and O–H groups in total. The van der Waals surface area contributed by atoms with E-state index in [9.17, 15) is 0 Å². The fraction of sp³-hybridized carbons (Fsp3) is 0.308. The summed E-state index contributed by atoms with van der Waals surface area (Å²) in [5.41, 5.74) is 5.82. The minimum Gasteiger partial charge on any atom is -0.236 e. The molecule has 0 saturated carbocycles. The first-order valence-electron chi connectivity index (χ1n) is 5.04. The lowest BCUT2D eigenvalue weighted by atomic mass is 10.00. The van der Waals surface area contributed by atoms with Crippen molar-refractivity contribution in [2.75, 3.05) is 0 Å². The Morgan fingerprint density at radius 2 is 1.67 bits per heavy atom. The van der Waals surface area contributed by atoms with E-state index in [4.69, 9.17) is 11.6 Å². The highest BCUT2D eigenvalue weighted by molar-refractivity contribution is 6.30. The van der Waals surface area contributed by atoms with Crippen LogP contribution in [-0.4, -0.2) is 4.98 Å². The summed E-state index contributed by atoms with van der Waals surface area (Å²) in [5, 5.41) is 1.85. The first-order chi connectivity index (χ1) is 7.00. The van der Waals surface area contributed by atoms with Crippen LogP contribution in [0.4, 0.5) is 0 Å². The predicted octanol–water partition coefficient (Wildman–Crippen LogP) is 4.12. The zero-order chi connectivity index (χ0) is 11.2. The highest BCUT2D eigenvalue weighted by Crippen LogP contribution is 2.28. The monoisotopic (exact) mass is 219 g/mol. The van der Waals surface area contributed by atoms with Gasteiger partial charge in [0.25, 0.3) is 0 Å². The predicted molar refractivity (Wildman–Crippen MR) is 65.7 cm³/mol. The van der Waals surface area contributed by atoms with E-state index in [1.807, 2.05) is 6.92 Å². The Hall–Kier alpha value is -1.08. The van der Waals surface area contributed by atoms with Crippen LogP contribution in [0.15, 0.2) is 12.1 Å². The van der Waals surface area contributed by atoms with E-state index < -0.39 is 0 Å². The van der Waals surface area contributed by atoms with E-state index in [1.54, 1.807) is 0 Å². The zero-order valence-electron chi connectivity index (χ0n) is 9.48. The van der Waals surface area contributed by atoms with Crippen molar-refractivity contribution in [1.29, 1.82) is 0 Å². The lowest BCUT2D eigenvalue weighted by Crippen LogP contribution is -1.93. The smallest absolute Gasteiger partial charge is 0.132 e. The van der Waals surface area contributed by atoms with Gasteiger partial charge in [-0.1, -0.05) is 17.7 Å². The number of aromatic nitrogens is 1. The number of pyridine rings is 1. The van der Waals surface area contributed by atoms with Crippen LogP contribution in [0.2, 0.25) is 5.15 Å². The third-order valence-electron chi connectivity index (χ3n) is 2.92. The summed E-state index contributed by atoms with van der Waals surface area (Å²) in [6.07, 6.45) is 0. The first kappa shape index (κ1) is 10.4. The topological polar surface area (TPSA) is 12.9 Å². The SMILES string of the molecule is Cc1cc(C)c2c(C)c(C)c(Cl)nc2c1. The average molecular weight is 220 g/mol. The van der Waals surface area contributed by atoms with E-state index in [0.717, 1.165) is 11.1 Å². The van der Waals surface area contributed by atoms with Crippen LogP contribution < -0.4 is 0 Å². The van der Waals surface area contributed by atoms with Crippen molar-refractivity contribution in [3.05, 3.63) is 39.5 Å². The Labute approximate surface area is 95.1 Å². The van der Waals surface area contributed by atoms with Gasteiger partial charge in [0.1, 0.15) is 5.15 Å². The number of nitrogens with zero attached hydrogens (tertiary/aromatic N) is 1. The van der Waals surface area contributed by atoms with Gasteiger partial charge in [-0.15, -0.1) is 0 Å². The van der Waals surface area contributed by atoms with Crippen molar-refractivity contribution in [2.45, 2.75) is 27.7 Å². The van der Waals surface area contributed by atoms with Crippen LogP contribution >= 0.6 is 11.6 Å². The lowest BCUT2D eigenvalue weighted by Gasteiger charge is -2.10. The second-order valence-corrected chi connectivity index (χ2v) is 4.49. The molecule has 0 aliphatic carbocycles. The Morgan fingerprint density at radius 1 is 1.00 bits per heavy atom. The molecule has 0 aliphatic rings. The quantitative estimate of drug-likeness (QED) is 0.608. The molecule has 1 nitrogen and oxygen atoms in total. The van der Waals surface area contributed by atoms with Gasteiger partial charge in [-0.2, -0.15) is 0 Å². The van der Waals surface area contributed by atoms with Gasteiger partial charge in [0.05, 0.1) is 5.52 Å². The van der Waals surface area contributed by atoms with Crippen molar-refractivity contribution < 1.29 is 0 Å². The fourth-order valence-corrected chi connectivity index (χ4v) is 2.29. The molecule has 1 aromatic heterocycles. The van der Waals surface area contributed by atoms with E-state index in [1.165, 1.54) is 22.1 Å². The number of benzene rings is 1. The van der Waals surface area contributed by atoms with Crippen LogP contribution in [0.25, 0.3) is 10.9 Å². The molecule has 1 heterocycles. The average Bonchev–Trinajstić information content (AvgIpc) is 2.13. The van der Waals surface area contributed by atoms with Crippen LogP contribution in [0.1, 0.15) is 22.3 Å². The van der Waals surface area contributed by atoms with E-state index in [2.05, 4.69) is 37.9 Å². The van der Waals surface area contributed by atoms with Gasteiger partial charge in [0.15, 0.2) is 0 Å². The van der Waals surface area contributed by atoms with Crippen LogP contribution in [0.5, 0.6) is 0 Å². The largest absolute Gasteiger partial charge is 0.236 e. The number of hydrogen-bond donors (Lipinski definition) is 0. The Bertz CT molecular complexity index is 544. The molecular weight excluding hydrogens is 206 g/mol. The summed E-state index contributed by atoms with van der Waals surface area (Å²) in [4.78, 5) is 4.42. The molecule has 0 aliphatic heterocycles. The van der Waals surface area contributed by atoms with Gasteiger partial charge in [0, 0.05) is 5.39 Å². The van der Waals surface area contributed by atoms with Gasteiger partial charge in [-0.05, 0) is 56.0 Å². The summed E-state index contributed by atoms with van der Waals surface area (Å²) < 4.78 is 0. The molecular formula is C13H14ClN. The van der Waals surface area contributed by atoms with Crippen molar-refractivity contribution in [2.24, 2.45) is 0 Å². The molecule has 0 unspecified atom stereocenters.